The summed E-state index contributed by atoms with van der Waals surface area (Å²) in [6.45, 7) is 3.34. The van der Waals surface area contributed by atoms with Gasteiger partial charge in [-0.05, 0) is 51.0 Å². The molecule has 0 aliphatic rings. The highest BCUT2D eigenvalue weighted by Crippen LogP contribution is 2.23. The molecule has 3 rings (SSSR count). The Balaban J connectivity index is 1.83. The molecule has 6 nitrogen and oxygen atoms in total. The summed E-state index contributed by atoms with van der Waals surface area (Å²) < 4.78 is 24.5. The van der Waals surface area contributed by atoms with Crippen molar-refractivity contribution in [2.45, 2.75) is 36.8 Å². The fraction of sp³-hybridized carbons (Fsp3) is 0.250. The van der Waals surface area contributed by atoms with Crippen molar-refractivity contribution >= 4 is 15.7 Å². The van der Waals surface area contributed by atoms with Crippen LogP contribution < -0.4 is 5.73 Å². The van der Waals surface area contributed by atoms with E-state index in [0.717, 1.165) is 17.7 Å². The molecule has 0 radical (unpaired) electrons. The van der Waals surface area contributed by atoms with E-state index in [1.165, 1.54) is 0 Å². The smallest absolute Gasteiger partial charge is 0.180 e. The van der Waals surface area contributed by atoms with Crippen LogP contribution in [0.15, 0.2) is 59.8 Å². The van der Waals surface area contributed by atoms with Gasteiger partial charge in [-0.3, -0.25) is 4.98 Å². The van der Waals surface area contributed by atoms with Gasteiger partial charge in [0.05, 0.1) is 27.7 Å². The normalized spacial score (nSPS) is 11.7. The molecule has 2 N–H and O–H groups in total. The van der Waals surface area contributed by atoms with Crippen LogP contribution in [0, 0.1) is 0 Å². The Bertz CT molecular complexity index is 1020. The van der Waals surface area contributed by atoms with E-state index < -0.39 is 15.1 Å². The molecule has 0 amide bonds. The number of anilines is 1. The van der Waals surface area contributed by atoms with Crippen molar-refractivity contribution in [1.82, 2.24) is 15.0 Å². The Hall–Kier alpha value is -2.80. The molecule has 0 aliphatic heterocycles. The highest BCUT2D eigenvalue weighted by atomic mass is 32.2. The van der Waals surface area contributed by atoms with E-state index in [4.69, 9.17) is 5.73 Å². The third-order valence-electron chi connectivity index (χ3n) is 4.32. The summed E-state index contributed by atoms with van der Waals surface area (Å²) in [6, 6.07) is 12.5. The van der Waals surface area contributed by atoms with E-state index in [2.05, 4.69) is 15.0 Å². The highest BCUT2D eigenvalue weighted by Gasteiger charge is 2.19. The summed E-state index contributed by atoms with van der Waals surface area (Å²) in [5.41, 5.74) is 9.10. The number of aryl methyl sites for hydroxylation is 2. The standard InChI is InChI=1S/C20H22N4O2S/c1-14(2)27(25,26)17-9-6-15(7-10-17)19-13-23-20(21)18(24-19)11-8-16-5-3-4-12-22-16/h3-7,9-10,12-14H,8,11H2,1-2H3,(H2,21,23). The number of aromatic nitrogens is 3. The van der Waals surface area contributed by atoms with E-state index in [0.29, 0.717) is 28.5 Å². The van der Waals surface area contributed by atoms with Crippen LogP contribution in [0.1, 0.15) is 25.2 Å². The molecule has 0 unspecified atom stereocenters. The van der Waals surface area contributed by atoms with Gasteiger partial charge in [-0.15, -0.1) is 0 Å². The van der Waals surface area contributed by atoms with Gasteiger partial charge in [-0.2, -0.15) is 0 Å². The zero-order valence-electron chi connectivity index (χ0n) is 15.3. The molecule has 0 saturated heterocycles. The molecular formula is C20H22N4O2S. The fourth-order valence-corrected chi connectivity index (χ4v) is 3.70. The summed E-state index contributed by atoms with van der Waals surface area (Å²) >= 11 is 0. The minimum atomic E-state index is -3.29. The van der Waals surface area contributed by atoms with E-state index >= 15 is 0 Å². The molecule has 0 fully saturated rings. The third kappa shape index (κ3) is 4.31. The summed E-state index contributed by atoms with van der Waals surface area (Å²) in [4.78, 5) is 13.5. The lowest BCUT2D eigenvalue weighted by Crippen LogP contribution is -2.13. The van der Waals surface area contributed by atoms with Gasteiger partial charge in [-0.1, -0.05) is 18.2 Å². The summed E-state index contributed by atoms with van der Waals surface area (Å²) in [5.74, 6) is 0.397. The van der Waals surface area contributed by atoms with Crippen LogP contribution in [-0.2, 0) is 22.7 Å². The monoisotopic (exact) mass is 382 g/mol. The average Bonchev–Trinajstić information content (AvgIpc) is 2.68. The maximum Gasteiger partial charge on any atom is 0.180 e. The molecule has 140 valence electrons. The largest absolute Gasteiger partial charge is 0.382 e. The Morgan fingerprint density at radius 1 is 1.00 bits per heavy atom. The van der Waals surface area contributed by atoms with E-state index in [1.807, 2.05) is 18.2 Å². The first-order chi connectivity index (χ1) is 12.9. The Labute approximate surface area is 159 Å². The molecule has 0 atom stereocenters. The minimum absolute atomic E-state index is 0.306. The molecular weight excluding hydrogens is 360 g/mol. The predicted octanol–water partition coefficient (Wildman–Crippen LogP) is 3.09. The van der Waals surface area contributed by atoms with Crippen LogP contribution in [-0.4, -0.2) is 28.6 Å². The van der Waals surface area contributed by atoms with Gasteiger partial charge in [0.1, 0.15) is 5.82 Å². The number of sulfone groups is 1. The van der Waals surface area contributed by atoms with Crippen LogP contribution in [0.3, 0.4) is 0 Å². The summed E-state index contributed by atoms with van der Waals surface area (Å²) in [5, 5.41) is -0.460. The van der Waals surface area contributed by atoms with Crippen LogP contribution in [0.2, 0.25) is 0 Å². The van der Waals surface area contributed by atoms with Gasteiger partial charge in [0.15, 0.2) is 9.84 Å². The zero-order valence-corrected chi connectivity index (χ0v) is 16.1. The number of nitrogens with zero attached hydrogens (tertiary/aromatic N) is 3. The molecule has 0 spiro atoms. The maximum atomic E-state index is 12.2. The molecule has 27 heavy (non-hydrogen) atoms. The summed E-state index contributed by atoms with van der Waals surface area (Å²) in [6.07, 6.45) is 4.71. The zero-order chi connectivity index (χ0) is 19.4. The van der Waals surface area contributed by atoms with Gasteiger partial charge < -0.3 is 5.73 Å². The van der Waals surface area contributed by atoms with Crippen molar-refractivity contribution in [3.63, 3.8) is 0 Å². The number of pyridine rings is 1. The number of nitrogens with two attached hydrogens (primary N) is 1. The lowest BCUT2D eigenvalue weighted by atomic mass is 10.1. The quantitative estimate of drug-likeness (QED) is 0.703. The number of rotatable bonds is 6. The minimum Gasteiger partial charge on any atom is -0.382 e. The van der Waals surface area contributed by atoms with Crippen LogP contribution in [0.4, 0.5) is 5.82 Å². The number of hydrogen-bond donors (Lipinski definition) is 1. The summed E-state index contributed by atoms with van der Waals surface area (Å²) in [7, 11) is -3.29. The van der Waals surface area contributed by atoms with Gasteiger partial charge in [0.25, 0.3) is 0 Å². The first kappa shape index (κ1) is 19.0. The topological polar surface area (TPSA) is 98.8 Å². The van der Waals surface area contributed by atoms with Crippen molar-refractivity contribution in [1.29, 1.82) is 0 Å². The second-order valence-electron chi connectivity index (χ2n) is 6.53. The highest BCUT2D eigenvalue weighted by molar-refractivity contribution is 7.92. The third-order valence-corrected chi connectivity index (χ3v) is 6.49. The van der Waals surface area contributed by atoms with Crippen molar-refractivity contribution in [3.05, 3.63) is 66.2 Å². The molecule has 0 bridgehead atoms. The molecule has 0 saturated carbocycles. The average molecular weight is 382 g/mol. The van der Waals surface area contributed by atoms with Crippen molar-refractivity contribution < 1.29 is 8.42 Å². The fourth-order valence-electron chi connectivity index (χ4n) is 2.64. The maximum absolute atomic E-state index is 12.2. The second kappa shape index (κ2) is 7.84. The lowest BCUT2D eigenvalue weighted by Gasteiger charge is -2.10. The molecule has 1 aromatic carbocycles. The molecule has 3 aromatic rings. The number of benzene rings is 1. The molecule has 7 heteroatoms. The van der Waals surface area contributed by atoms with Crippen molar-refractivity contribution in [2.75, 3.05) is 5.73 Å². The van der Waals surface area contributed by atoms with Crippen LogP contribution in [0.5, 0.6) is 0 Å². The van der Waals surface area contributed by atoms with E-state index in [9.17, 15) is 8.42 Å². The molecule has 0 aliphatic carbocycles. The Morgan fingerprint density at radius 3 is 2.37 bits per heavy atom. The van der Waals surface area contributed by atoms with E-state index in [-0.39, 0.29) is 0 Å². The second-order valence-corrected chi connectivity index (χ2v) is 9.03. The SMILES string of the molecule is CC(C)S(=O)(=O)c1ccc(-c2cnc(N)c(CCc3ccccn3)n2)cc1. The number of nitrogen functional groups attached to an aromatic ring is 1. The first-order valence-electron chi connectivity index (χ1n) is 8.73. The number of hydrogen-bond acceptors (Lipinski definition) is 6. The van der Waals surface area contributed by atoms with Crippen molar-refractivity contribution in [2.24, 2.45) is 0 Å². The van der Waals surface area contributed by atoms with Crippen LogP contribution in [0.25, 0.3) is 11.3 Å². The predicted molar refractivity (Wildman–Crippen MR) is 106 cm³/mol. The molecule has 2 heterocycles. The van der Waals surface area contributed by atoms with Gasteiger partial charge in [0.2, 0.25) is 0 Å². The Kier molecular flexibility index (Phi) is 5.51. The van der Waals surface area contributed by atoms with E-state index in [1.54, 1.807) is 50.5 Å². The van der Waals surface area contributed by atoms with Gasteiger partial charge in [0, 0.05) is 17.5 Å². The lowest BCUT2D eigenvalue weighted by molar-refractivity contribution is 0.587. The Morgan fingerprint density at radius 2 is 1.74 bits per heavy atom. The van der Waals surface area contributed by atoms with Gasteiger partial charge in [-0.25, -0.2) is 18.4 Å². The molecule has 2 aromatic heterocycles. The van der Waals surface area contributed by atoms with Gasteiger partial charge >= 0.3 is 0 Å². The first-order valence-corrected chi connectivity index (χ1v) is 10.3. The van der Waals surface area contributed by atoms with Crippen LogP contribution >= 0.6 is 0 Å². The van der Waals surface area contributed by atoms with Crippen molar-refractivity contribution in [3.8, 4) is 11.3 Å².